The van der Waals surface area contributed by atoms with Gasteiger partial charge < -0.3 is 19.3 Å². The van der Waals surface area contributed by atoms with Crippen molar-refractivity contribution in [2.75, 3.05) is 14.2 Å². The van der Waals surface area contributed by atoms with Crippen LogP contribution in [-0.2, 0) is 24.9 Å². The Bertz CT molecular complexity index is 1100. The molecule has 5 heteroatoms. The number of carboxylic acids is 1. The summed E-state index contributed by atoms with van der Waals surface area (Å²) in [6.45, 7) is 2.68. The Balaban J connectivity index is 1.59. The highest BCUT2D eigenvalue weighted by Crippen LogP contribution is 2.46. The van der Waals surface area contributed by atoms with Crippen molar-refractivity contribution in [2.45, 2.75) is 38.2 Å². The van der Waals surface area contributed by atoms with Crippen LogP contribution in [0.5, 0.6) is 17.2 Å². The van der Waals surface area contributed by atoms with Gasteiger partial charge in [0.05, 0.1) is 19.8 Å². The fourth-order valence-corrected chi connectivity index (χ4v) is 4.63. The molecule has 0 amide bonds. The van der Waals surface area contributed by atoms with Crippen LogP contribution in [0.1, 0.15) is 46.0 Å². The highest BCUT2D eigenvalue weighted by molar-refractivity contribution is 5.87. The fraction of sp³-hybridized carbons (Fsp3) is 0.296. The second kappa shape index (κ2) is 8.95. The molecule has 1 N–H and O–H groups in total. The summed E-state index contributed by atoms with van der Waals surface area (Å²) < 4.78 is 17.2. The minimum Gasteiger partial charge on any atom is -0.497 e. The molecule has 1 atom stereocenters. The van der Waals surface area contributed by atoms with E-state index in [1.807, 2.05) is 18.2 Å². The van der Waals surface area contributed by atoms with Crippen molar-refractivity contribution in [1.29, 1.82) is 0 Å². The zero-order valence-electron chi connectivity index (χ0n) is 18.7. The van der Waals surface area contributed by atoms with Crippen LogP contribution in [-0.4, -0.2) is 25.3 Å². The summed E-state index contributed by atoms with van der Waals surface area (Å²) in [4.78, 5) is 11.1. The second-order valence-corrected chi connectivity index (χ2v) is 8.54. The summed E-state index contributed by atoms with van der Waals surface area (Å²) in [6.07, 6.45) is 2.90. The Morgan fingerprint density at radius 2 is 1.66 bits per heavy atom. The van der Waals surface area contributed by atoms with Gasteiger partial charge >= 0.3 is 5.97 Å². The number of carbonyl (C=O) groups is 1. The van der Waals surface area contributed by atoms with E-state index in [1.165, 1.54) is 11.1 Å². The van der Waals surface area contributed by atoms with E-state index in [2.05, 4.69) is 25.1 Å². The quantitative estimate of drug-likeness (QED) is 0.514. The van der Waals surface area contributed by atoms with Crippen LogP contribution in [0.3, 0.4) is 0 Å². The lowest BCUT2D eigenvalue weighted by Crippen LogP contribution is -2.22. The third-order valence-electron chi connectivity index (χ3n) is 6.26. The first-order valence-corrected chi connectivity index (χ1v) is 10.7. The first-order chi connectivity index (χ1) is 15.4. The molecule has 0 heterocycles. The number of carboxylic acid groups (broad SMARTS) is 1. The SMILES string of the molecule is COc1cc(CC2(C)CCc3cccc(OCc4ccc(C(=O)O)cc4)c32)cc(OC)c1. The molecule has 32 heavy (non-hydrogen) atoms. The van der Waals surface area contributed by atoms with Crippen molar-refractivity contribution < 1.29 is 24.1 Å². The van der Waals surface area contributed by atoms with Gasteiger partial charge in [0.1, 0.15) is 23.9 Å². The average Bonchev–Trinajstić information content (AvgIpc) is 3.14. The van der Waals surface area contributed by atoms with Gasteiger partial charge in [0.15, 0.2) is 0 Å². The minimum atomic E-state index is -0.928. The summed E-state index contributed by atoms with van der Waals surface area (Å²) in [7, 11) is 3.33. The number of hydrogen-bond donors (Lipinski definition) is 1. The van der Waals surface area contributed by atoms with Crippen molar-refractivity contribution >= 4 is 5.97 Å². The molecule has 5 nitrogen and oxygen atoms in total. The standard InChI is InChI=1S/C27H28O5/c1-27(16-19-13-22(30-2)15-23(14-19)31-3)12-11-20-5-4-6-24(25(20)27)32-17-18-7-9-21(10-8-18)26(28)29/h4-10,13-15H,11-12,16-17H2,1-3H3,(H,28,29). The molecular formula is C27H28O5. The molecule has 1 aliphatic rings. The Hall–Kier alpha value is -3.47. The lowest BCUT2D eigenvalue weighted by Gasteiger charge is -2.28. The summed E-state index contributed by atoms with van der Waals surface area (Å²) in [6, 6.07) is 19.1. The number of methoxy groups -OCH3 is 2. The van der Waals surface area contributed by atoms with Gasteiger partial charge in [-0.3, -0.25) is 0 Å². The normalized spacial score (nSPS) is 17.0. The maximum Gasteiger partial charge on any atom is 0.335 e. The molecule has 0 saturated heterocycles. The third-order valence-corrected chi connectivity index (χ3v) is 6.26. The minimum absolute atomic E-state index is 0.0729. The zero-order chi connectivity index (χ0) is 22.7. The summed E-state index contributed by atoms with van der Waals surface area (Å²) in [5.74, 6) is 1.54. The van der Waals surface area contributed by atoms with E-state index in [-0.39, 0.29) is 11.0 Å². The van der Waals surface area contributed by atoms with Gasteiger partial charge in [0.25, 0.3) is 0 Å². The van der Waals surface area contributed by atoms with E-state index in [0.717, 1.165) is 47.6 Å². The Morgan fingerprint density at radius 3 is 2.28 bits per heavy atom. The predicted octanol–water partition coefficient (Wildman–Crippen LogP) is 5.43. The van der Waals surface area contributed by atoms with Crippen LogP contribution in [0.4, 0.5) is 0 Å². The molecule has 3 aromatic rings. The summed E-state index contributed by atoms with van der Waals surface area (Å²) in [5.41, 5.74) is 4.87. The highest BCUT2D eigenvalue weighted by atomic mass is 16.5. The lowest BCUT2D eigenvalue weighted by molar-refractivity contribution is 0.0697. The van der Waals surface area contributed by atoms with Crippen LogP contribution in [0.25, 0.3) is 0 Å². The predicted molar refractivity (Wildman–Crippen MR) is 123 cm³/mol. The van der Waals surface area contributed by atoms with E-state index in [1.54, 1.807) is 38.5 Å². The van der Waals surface area contributed by atoms with Crippen molar-refractivity contribution in [2.24, 2.45) is 0 Å². The smallest absolute Gasteiger partial charge is 0.335 e. The monoisotopic (exact) mass is 432 g/mol. The molecular weight excluding hydrogens is 404 g/mol. The Kier molecular flexibility index (Phi) is 6.08. The Morgan fingerprint density at radius 1 is 0.969 bits per heavy atom. The van der Waals surface area contributed by atoms with E-state index in [9.17, 15) is 4.79 Å². The zero-order valence-corrected chi connectivity index (χ0v) is 18.7. The highest BCUT2D eigenvalue weighted by Gasteiger charge is 2.37. The van der Waals surface area contributed by atoms with Crippen LogP contribution in [0.15, 0.2) is 60.7 Å². The van der Waals surface area contributed by atoms with Crippen LogP contribution in [0, 0.1) is 0 Å². The summed E-state index contributed by atoms with van der Waals surface area (Å²) >= 11 is 0. The van der Waals surface area contributed by atoms with Gasteiger partial charge in [-0.05, 0) is 66.3 Å². The van der Waals surface area contributed by atoms with Gasteiger partial charge in [0.2, 0.25) is 0 Å². The molecule has 0 radical (unpaired) electrons. The maximum atomic E-state index is 11.1. The fourth-order valence-electron chi connectivity index (χ4n) is 4.63. The number of aryl methyl sites for hydroxylation is 1. The van der Waals surface area contributed by atoms with Crippen LogP contribution >= 0.6 is 0 Å². The largest absolute Gasteiger partial charge is 0.497 e. The average molecular weight is 433 g/mol. The topological polar surface area (TPSA) is 65.0 Å². The molecule has 3 aromatic carbocycles. The Labute approximate surface area is 188 Å². The van der Waals surface area contributed by atoms with E-state index in [0.29, 0.717) is 6.61 Å². The van der Waals surface area contributed by atoms with Gasteiger partial charge in [-0.25, -0.2) is 4.79 Å². The molecule has 1 unspecified atom stereocenters. The molecule has 0 spiro atoms. The van der Waals surface area contributed by atoms with Gasteiger partial charge in [-0.2, -0.15) is 0 Å². The third kappa shape index (κ3) is 4.42. The second-order valence-electron chi connectivity index (χ2n) is 8.54. The van der Waals surface area contributed by atoms with Crippen molar-refractivity contribution in [3.8, 4) is 17.2 Å². The molecule has 0 fully saturated rings. The van der Waals surface area contributed by atoms with Crippen molar-refractivity contribution in [3.63, 3.8) is 0 Å². The molecule has 0 saturated carbocycles. The molecule has 4 rings (SSSR count). The van der Waals surface area contributed by atoms with Crippen LogP contribution < -0.4 is 14.2 Å². The lowest BCUT2D eigenvalue weighted by atomic mass is 9.78. The molecule has 166 valence electrons. The first-order valence-electron chi connectivity index (χ1n) is 10.7. The van der Waals surface area contributed by atoms with Gasteiger partial charge in [-0.1, -0.05) is 31.2 Å². The summed E-state index contributed by atoms with van der Waals surface area (Å²) in [5, 5.41) is 9.09. The molecule has 0 bridgehead atoms. The van der Waals surface area contributed by atoms with E-state index in [4.69, 9.17) is 19.3 Å². The van der Waals surface area contributed by atoms with Crippen LogP contribution in [0.2, 0.25) is 0 Å². The number of hydrogen-bond acceptors (Lipinski definition) is 4. The molecule has 0 aromatic heterocycles. The maximum absolute atomic E-state index is 11.1. The van der Waals surface area contributed by atoms with E-state index < -0.39 is 5.97 Å². The number of ether oxygens (including phenoxy) is 3. The van der Waals surface area contributed by atoms with Gasteiger partial charge in [0, 0.05) is 17.0 Å². The van der Waals surface area contributed by atoms with Crippen molar-refractivity contribution in [3.05, 3.63) is 88.5 Å². The molecule has 1 aliphatic carbocycles. The number of aromatic carboxylic acids is 1. The van der Waals surface area contributed by atoms with Crippen molar-refractivity contribution in [1.82, 2.24) is 0 Å². The first kappa shape index (κ1) is 21.8. The number of fused-ring (bicyclic) bond motifs is 1. The van der Waals surface area contributed by atoms with Gasteiger partial charge in [-0.15, -0.1) is 0 Å². The number of benzene rings is 3. The van der Waals surface area contributed by atoms with E-state index >= 15 is 0 Å². The molecule has 0 aliphatic heterocycles. The number of rotatable bonds is 8.